The SMILES string of the molecule is Cc1cc(Br)c(Cl)cc1NC(=O)COC(=O)[C@@H]1CC(=O)N(c2ccc(Cl)cc2)C1. The molecule has 0 bridgehead atoms. The van der Waals surface area contributed by atoms with Crippen LogP contribution in [-0.4, -0.2) is 30.9 Å². The van der Waals surface area contributed by atoms with Crippen LogP contribution in [0.2, 0.25) is 10.0 Å². The van der Waals surface area contributed by atoms with Crippen molar-refractivity contribution in [2.24, 2.45) is 5.92 Å². The molecule has 0 spiro atoms. The van der Waals surface area contributed by atoms with Crippen LogP contribution in [0, 0.1) is 12.8 Å². The van der Waals surface area contributed by atoms with Gasteiger partial charge < -0.3 is 15.0 Å². The molecule has 1 atom stereocenters. The zero-order valence-electron chi connectivity index (χ0n) is 15.4. The second-order valence-electron chi connectivity index (χ2n) is 6.62. The van der Waals surface area contributed by atoms with Crippen LogP contribution in [0.5, 0.6) is 0 Å². The first-order valence-electron chi connectivity index (χ1n) is 8.72. The number of rotatable bonds is 5. The van der Waals surface area contributed by atoms with E-state index >= 15 is 0 Å². The molecule has 3 rings (SSSR count). The molecule has 0 aliphatic carbocycles. The van der Waals surface area contributed by atoms with E-state index < -0.39 is 24.4 Å². The van der Waals surface area contributed by atoms with Crippen LogP contribution in [0.4, 0.5) is 11.4 Å². The van der Waals surface area contributed by atoms with Gasteiger partial charge in [-0.25, -0.2) is 0 Å². The fraction of sp³-hybridized carbons (Fsp3) is 0.250. The van der Waals surface area contributed by atoms with E-state index in [0.717, 1.165) is 10.0 Å². The maximum atomic E-state index is 12.3. The van der Waals surface area contributed by atoms with Crippen LogP contribution >= 0.6 is 39.1 Å². The summed E-state index contributed by atoms with van der Waals surface area (Å²) in [6.45, 7) is 1.57. The summed E-state index contributed by atoms with van der Waals surface area (Å²) in [5.41, 5.74) is 2.00. The van der Waals surface area contributed by atoms with Gasteiger partial charge in [-0.3, -0.25) is 14.4 Å². The van der Waals surface area contributed by atoms with Crippen molar-refractivity contribution in [3.8, 4) is 0 Å². The number of aryl methyl sites for hydroxylation is 1. The van der Waals surface area contributed by atoms with Gasteiger partial charge in [-0.2, -0.15) is 0 Å². The molecule has 2 aromatic rings. The number of esters is 1. The smallest absolute Gasteiger partial charge is 0.311 e. The third-order valence-electron chi connectivity index (χ3n) is 4.48. The van der Waals surface area contributed by atoms with Crippen molar-refractivity contribution in [3.05, 3.63) is 56.5 Å². The van der Waals surface area contributed by atoms with Gasteiger partial charge in [-0.1, -0.05) is 23.2 Å². The van der Waals surface area contributed by atoms with Crippen LogP contribution in [0.3, 0.4) is 0 Å². The lowest BCUT2D eigenvalue weighted by Crippen LogP contribution is -2.28. The van der Waals surface area contributed by atoms with E-state index in [1.165, 1.54) is 4.90 Å². The molecular weight excluding hydrogens is 483 g/mol. The zero-order valence-corrected chi connectivity index (χ0v) is 18.5. The molecule has 0 unspecified atom stereocenters. The lowest BCUT2D eigenvalue weighted by atomic mass is 10.1. The molecule has 1 fully saturated rings. The molecule has 0 radical (unpaired) electrons. The minimum absolute atomic E-state index is 0.0322. The van der Waals surface area contributed by atoms with Crippen molar-refractivity contribution < 1.29 is 19.1 Å². The molecule has 9 heteroatoms. The summed E-state index contributed by atoms with van der Waals surface area (Å²) < 4.78 is 5.83. The minimum atomic E-state index is -0.630. The Kier molecular flexibility index (Phi) is 6.82. The molecule has 1 N–H and O–H groups in total. The number of halogens is 3. The maximum Gasteiger partial charge on any atom is 0.311 e. The van der Waals surface area contributed by atoms with E-state index in [1.807, 2.05) is 6.92 Å². The van der Waals surface area contributed by atoms with Crippen molar-refractivity contribution in [1.82, 2.24) is 0 Å². The third kappa shape index (κ3) is 5.29. The fourth-order valence-electron chi connectivity index (χ4n) is 2.96. The van der Waals surface area contributed by atoms with Gasteiger partial charge in [-0.05, 0) is 64.8 Å². The van der Waals surface area contributed by atoms with Crippen molar-refractivity contribution in [2.75, 3.05) is 23.4 Å². The predicted octanol–water partition coefficient (Wildman–Crippen LogP) is 4.60. The molecular formula is C20H17BrCl2N2O4. The highest BCUT2D eigenvalue weighted by atomic mass is 79.9. The molecule has 2 amide bonds. The van der Waals surface area contributed by atoms with E-state index in [1.54, 1.807) is 36.4 Å². The number of carbonyl (C=O) groups excluding carboxylic acids is 3. The molecule has 1 saturated heterocycles. The number of nitrogens with zero attached hydrogens (tertiary/aromatic N) is 1. The Balaban J connectivity index is 1.54. The van der Waals surface area contributed by atoms with Gasteiger partial charge >= 0.3 is 5.97 Å². The van der Waals surface area contributed by atoms with E-state index in [2.05, 4.69) is 21.2 Å². The topological polar surface area (TPSA) is 75.7 Å². The van der Waals surface area contributed by atoms with Crippen molar-refractivity contribution in [2.45, 2.75) is 13.3 Å². The summed E-state index contributed by atoms with van der Waals surface area (Å²) in [5, 5.41) is 3.67. The first kappa shape index (κ1) is 21.6. The Bertz CT molecular complexity index is 966. The molecule has 1 aliphatic heterocycles. The Morgan fingerprint density at radius 3 is 2.62 bits per heavy atom. The minimum Gasteiger partial charge on any atom is -0.455 e. The van der Waals surface area contributed by atoms with E-state index in [4.69, 9.17) is 27.9 Å². The standard InChI is InChI=1S/C20H17BrCl2N2O4/c1-11-6-15(21)16(23)8-17(11)24-18(26)10-29-20(28)12-7-19(27)25(9-12)14-4-2-13(22)3-5-14/h2-6,8,12H,7,9-10H2,1H3,(H,24,26)/t12-/m1/s1. The molecule has 29 heavy (non-hydrogen) atoms. The lowest BCUT2D eigenvalue weighted by molar-refractivity contribution is -0.151. The average Bonchev–Trinajstić information content (AvgIpc) is 3.06. The van der Waals surface area contributed by atoms with Crippen LogP contribution < -0.4 is 10.2 Å². The van der Waals surface area contributed by atoms with Gasteiger partial charge in [0.2, 0.25) is 5.91 Å². The first-order chi connectivity index (χ1) is 13.7. The Labute approximate surface area is 186 Å². The molecule has 1 aliphatic rings. The Morgan fingerprint density at radius 1 is 1.24 bits per heavy atom. The number of hydrogen-bond donors (Lipinski definition) is 1. The summed E-state index contributed by atoms with van der Waals surface area (Å²) >= 11 is 15.2. The summed E-state index contributed by atoms with van der Waals surface area (Å²) in [4.78, 5) is 38.2. The fourth-order valence-corrected chi connectivity index (χ4v) is 3.71. The van der Waals surface area contributed by atoms with Crippen molar-refractivity contribution >= 4 is 68.3 Å². The highest BCUT2D eigenvalue weighted by Gasteiger charge is 2.36. The zero-order chi connectivity index (χ0) is 21.1. The molecule has 2 aromatic carbocycles. The van der Waals surface area contributed by atoms with Gasteiger partial charge in [0.05, 0.1) is 10.9 Å². The van der Waals surface area contributed by atoms with E-state index in [0.29, 0.717) is 21.4 Å². The molecule has 6 nitrogen and oxygen atoms in total. The molecule has 1 heterocycles. The van der Waals surface area contributed by atoms with Gasteiger partial charge in [-0.15, -0.1) is 0 Å². The second kappa shape index (κ2) is 9.15. The average molecular weight is 500 g/mol. The summed E-state index contributed by atoms with van der Waals surface area (Å²) in [5.74, 6) is -1.89. The van der Waals surface area contributed by atoms with Crippen molar-refractivity contribution in [3.63, 3.8) is 0 Å². The van der Waals surface area contributed by atoms with Crippen LogP contribution in [0.15, 0.2) is 40.9 Å². The highest BCUT2D eigenvalue weighted by Crippen LogP contribution is 2.29. The number of nitrogens with one attached hydrogen (secondary N) is 1. The Morgan fingerprint density at radius 2 is 1.93 bits per heavy atom. The quantitative estimate of drug-likeness (QED) is 0.610. The summed E-state index contributed by atoms with van der Waals surface area (Å²) in [6, 6.07) is 10.2. The van der Waals surface area contributed by atoms with Crippen LogP contribution in [-0.2, 0) is 19.1 Å². The first-order valence-corrected chi connectivity index (χ1v) is 10.3. The highest BCUT2D eigenvalue weighted by molar-refractivity contribution is 9.10. The van der Waals surface area contributed by atoms with Crippen LogP contribution in [0.1, 0.15) is 12.0 Å². The molecule has 0 aromatic heterocycles. The van der Waals surface area contributed by atoms with Crippen LogP contribution in [0.25, 0.3) is 0 Å². The number of benzene rings is 2. The monoisotopic (exact) mass is 498 g/mol. The predicted molar refractivity (Wildman–Crippen MR) is 115 cm³/mol. The van der Waals surface area contributed by atoms with E-state index in [9.17, 15) is 14.4 Å². The molecule has 152 valence electrons. The van der Waals surface area contributed by atoms with Gasteiger partial charge in [0, 0.05) is 33.8 Å². The molecule has 0 saturated carbocycles. The van der Waals surface area contributed by atoms with Gasteiger partial charge in [0.25, 0.3) is 5.91 Å². The summed E-state index contributed by atoms with van der Waals surface area (Å²) in [7, 11) is 0. The number of hydrogen-bond acceptors (Lipinski definition) is 4. The normalized spacial score (nSPS) is 16.1. The third-order valence-corrected chi connectivity index (χ3v) is 5.93. The number of anilines is 2. The van der Waals surface area contributed by atoms with Gasteiger partial charge in [0.1, 0.15) is 0 Å². The van der Waals surface area contributed by atoms with E-state index in [-0.39, 0.29) is 18.9 Å². The van der Waals surface area contributed by atoms with Crippen molar-refractivity contribution in [1.29, 1.82) is 0 Å². The lowest BCUT2D eigenvalue weighted by Gasteiger charge is -2.16. The number of amides is 2. The summed E-state index contributed by atoms with van der Waals surface area (Å²) in [6.07, 6.45) is 0.0322. The van der Waals surface area contributed by atoms with Gasteiger partial charge in [0.15, 0.2) is 6.61 Å². The Hall–Kier alpha value is -2.09. The number of ether oxygens (including phenoxy) is 1. The number of carbonyl (C=O) groups is 3. The maximum absolute atomic E-state index is 12.3. The largest absolute Gasteiger partial charge is 0.455 e. The second-order valence-corrected chi connectivity index (χ2v) is 8.32.